The molecule has 0 aromatic rings. The molecule has 36 heavy (non-hydrogen) atoms. The Morgan fingerprint density at radius 1 is 1.11 bits per heavy atom. The van der Waals surface area contributed by atoms with Gasteiger partial charge in [-0.15, -0.1) is 0 Å². The van der Waals surface area contributed by atoms with Crippen molar-refractivity contribution in [2.75, 3.05) is 20.3 Å². The molecule has 0 aromatic carbocycles. The Bertz CT molecular complexity index is 678. The van der Waals surface area contributed by atoms with Gasteiger partial charge in [0.15, 0.2) is 10.5 Å². The number of hydrogen-bond donors (Lipinski definition) is 0. The van der Waals surface area contributed by atoms with Crippen molar-refractivity contribution in [3.05, 3.63) is 0 Å². The van der Waals surface area contributed by atoms with Crippen molar-refractivity contribution in [2.45, 2.75) is 121 Å². The molecule has 2 rings (SSSR count). The summed E-state index contributed by atoms with van der Waals surface area (Å²) in [6, 6.07) is 0. The Morgan fingerprint density at radius 3 is 2.19 bits per heavy atom. The monoisotopic (exact) mass is 546 g/mol. The second kappa shape index (κ2) is 16.8. The smallest absolute Gasteiger partial charge is 0.309 e. The van der Waals surface area contributed by atoms with Crippen LogP contribution < -0.4 is 0 Å². The summed E-state index contributed by atoms with van der Waals surface area (Å²) in [5, 5.41) is 0. The lowest BCUT2D eigenvalue weighted by atomic mass is 9.81. The van der Waals surface area contributed by atoms with Gasteiger partial charge in [-0.2, -0.15) is 0 Å². The summed E-state index contributed by atoms with van der Waals surface area (Å²) in [5.41, 5.74) is -0.589. The summed E-state index contributed by atoms with van der Waals surface area (Å²) < 4.78 is 10.9. The first kappa shape index (κ1) is 31.2. The minimum Gasteiger partial charge on any atom is -0.465 e. The molecule has 0 aliphatic carbocycles. The molecule has 0 N–H and O–H groups in total. The van der Waals surface area contributed by atoms with Crippen molar-refractivity contribution in [1.29, 1.82) is 0 Å². The van der Waals surface area contributed by atoms with Crippen molar-refractivity contribution < 1.29 is 19.1 Å². The maximum atomic E-state index is 12.4. The molecule has 0 bridgehead atoms. The van der Waals surface area contributed by atoms with Crippen LogP contribution in [0.4, 0.5) is 0 Å². The molecule has 2 aliphatic rings. The number of nitrogens with zero attached hydrogens (tertiary/aromatic N) is 2. The number of halogens is 2. The number of aliphatic imine (C=N–C) groups is 1. The Balaban J connectivity index is 1.54. The Labute approximate surface area is 228 Å². The molecule has 3 unspecified atom stereocenters. The molecule has 0 radical (unpaired) electrons. The van der Waals surface area contributed by atoms with Gasteiger partial charge in [0.05, 0.1) is 25.5 Å². The van der Waals surface area contributed by atoms with E-state index in [0.29, 0.717) is 19.4 Å². The number of carbonyl (C=O) groups excluding carboxylic acids is 2. The second-order valence-electron chi connectivity index (χ2n) is 10.8. The first-order chi connectivity index (χ1) is 17.3. The van der Waals surface area contributed by atoms with Gasteiger partial charge >= 0.3 is 11.9 Å². The van der Waals surface area contributed by atoms with E-state index in [4.69, 9.17) is 32.7 Å². The number of rotatable bonds is 19. The van der Waals surface area contributed by atoms with Crippen LogP contribution in [0.15, 0.2) is 4.99 Å². The lowest BCUT2D eigenvalue weighted by Crippen LogP contribution is -2.45. The lowest BCUT2D eigenvalue weighted by molar-refractivity contribution is -0.149. The number of likely N-dealkylation sites (N-methyl/N-ethyl adjacent to an activating group) is 1. The third-order valence-electron chi connectivity index (χ3n) is 7.69. The van der Waals surface area contributed by atoms with Gasteiger partial charge in [0.1, 0.15) is 0 Å². The van der Waals surface area contributed by atoms with Gasteiger partial charge < -0.3 is 14.4 Å². The molecular formula is C28H48Cl2N2O4. The fourth-order valence-corrected chi connectivity index (χ4v) is 5.89. The third kappa shape index (κ3) is 10.0. The lowest BCUT2D eigenvalue weighted by Gasteiger charge is -2.35. The van der Waals surface area contributed by atoms with Gasteiger partial charge in [-0.25, -0.2) is 0 Å². The Kier molecular flexibility index (Phi) is 14.5. The van der Waals surface area contributed by atoms with Crippen molar-refractivity contribution in [2.24, 2.45) is 22.7 Å². The van der Waals surface area contributed by atoms with Crippen molar-refractivity contribution in [3.8, 4) is 0 Å². The molecule has 6 nitrogen and oxygen atoms in total. The van der Waals surface area contributed by atoms with Crippen LogP contribution in [0.3, 0.4) is 0 Å². The average Bonchev–Trinajstić information content (AvgIpc) is 3.34. The maximum Gasteiger partial charge on any atom is 0.309 e. The van der Waals surface area contributed by atoms with Gasteiger partial charge in [-0.3, -0.25) is 14.6 Å². The van der Waals surface area contributed by atoms with Crippen molar-refractivity contribution in [1.82, 2.24) is 4.90 Å². The zero-order valence-corrected chi connectivity index (χ0v) is 24.2. The quantitative estimate of drug-likeness (QED) is 0.0735. The highest BCUT2D eigenvalue weighted by atomic mass is 35.5. The summed E-state index contributed by atoms with van der Waals surface area (Å²) in [6.07, 6.45) is 19.1. The van der Waals surface area contributed by atoms with Crippen LogP contribution in [-0.2, 0) is 19.1 Å². The number of carbonyl (C=O) groups is 2. The number of hydrogen-bond acceptors (Lipinski definition) is 6. The largest absolute Gasteiger partial charge is 0.465 e. The second-order valence-corrected chi connectivity index (χ2v) is 11.9. The van der Waals surface area contributed by atoms with Crippen molar-refractivity contribution >= 4 is 41.5 Å². The van der Waals surface area contributed by atoms with Gasteiger partial charge in [0.25, 0.3) is 0 Å². The normalized spacial score (nSPS) is 26.4. The number of unbranched alkanes of at least 4 members (excludes halogenated alkanes) is 12. The predicted molar refractivity (Wildman–Crippen MR) is 147 cm³/mol. The number of esters is 2. The SMILES string of the molecule is CCCCCCCCCCCCCCCC(=O)OCC(C)[C@@H]1C(=O)OC[C@@H]1CC1(Cl)C(Cl)N=CN1C. The summed E-state index contributed by atoms with van der Waals surface area (Å²) in [6.45, 7) is 4.69. The molecule has 0 amide bonds. The maximum absolute atomic E-state index is 12.4. The van der Waals surface area contributed by atoms with Crippen LogP contribution in [0.5, 0.6) is 0 Å². The van der Waals surface area contributed by atoms with Gasteiger partial charge in [-0.1, -0.05) is 114 Å². The number of cyclic esters (lactones) is 1. The summed E-state index contributed by atoms with van der Waals surface area (Å²) in [7, 11) is 1.83. The highest BCUT2D eigenvalue weighted by molar-refractivity contribution is 6.33. The third-order valence-corrected chi connectivity index (χ3v) is 8.91. The van der Waals surface area contributed by atoms with E-state index in [1.54, 1.807) is 11.2 Å². The topological polar surface area (TPSA) is 68.2 Å². The minimum atomic E-state index is -0.886. The Hall–Kier alpha value is -1.01. The van der Waals surface area contributed by atoms with Gasteiger partial charge in [0, 0.05) is 25.3 Å². The molecule has 1 saturated heterocycles. The van der Waals surface area contributed by atoms with E-state index >= 15 is 0 Å². The highest BCUT2D eigenvalue weighted by Crippen LogP contribution is 2.43. The van der Waals surface area contributed by atoms with Crippen LogP contribution in [0.25, 0.3) is 0 Å². The van der Waals surface area contributed by atoms with E-state index in [1.165, 1.54) is 70.6 Å². The van der Waals surface area contributed by atoms with Crippen LogP contribution in [0.2, 0.25) is 0 Å². The standard InChI is InChI=1S/C28H48Cl2N2O4/c1-4-5-6-7-8-9-10-11-12-13-14-15-16-17-24(33)35-19-22(2)25-23(20-36-26(25)34)18-28(30)27(29)31-21-32(28)3/h21-23,25,27H,4-20H2,1-3H3/t22?,23-,25-,27?,28?/m0/s1. The van der Waals surface area contributed by atoms with Crippen LogP contribution in [0, 0.1) is 17.8 Å². The fraction of sp³-hybridized carbons (Fsp3) is 0.893. The van der Waals surface area contributed by atoms with Crippen LogP contribution in [0.1, 0.15) is 110 Å². The molecule has 208 valence electrons. The van der Waals surface area contributed by atoms with Gasteiger partial charge in [-0.05, 0) is 12.8 Å². The predicted octanol–water partition coefficient (Wildman–Crippen LogP) is 7.30. The number of ether oxygens (including phenoxy) is 2. The van der Waals surface area contributed by atoms with E-state index in [1.807, 2.05) is 14.0 Å². The molecule has 0 aromatic heterocycles. The first-order valence-electron chi connectivity index (χ1n) is 14.2. The molecule has 2 aliphatic heterocycles. The van der Waals surface area contributed by atoms with E-state index in [-0.39, 0.29) is 36.3 Å². The van der Waals surface area contributed by atoms with E-state index < -0.39 is 10.5 Å². The van der Waals surface area contributed by atoms with Crippen LogP contribution in [-0.4, -0.2) is 53.9 Å². The molecule has 1 fully saturated rings. The molecule has 0 spiro atoms. The zero-order valence-electron chi connectivity index (χ0n) is 22.7. The minimum absolute atomic E-state index is 0.102. The zero-order chi connectivity index (χ0) is 26.4. The van der Waals surface area contributed by atoms with Gasteiger partial charge in [0.2, 0.25) is 0 Å². The first-order valence-corrected chi connectivity index (χ1v) is 15.0. The molecular weight excluding hydrogens is 499 g/mol. The summed E-state index contributed by atoms with van der Waals surface area (Å²) in [5.74, 6) is -1.07. The molecule has 0 saturated carbocycles. The fourth-order valence-electron chi connectivity index (χ4n) is 5.30. The van der Waals surface area contributed by atoms with E-state index in [2.05, 4.69) is 11.9 Å². The average molecular weight is 548 g/mol. The molecule has 5 atom stereocenters. The summed E-state index contributed by atoms with van der Waals surface area (Å²) >= 11 is 13.1. The molecule has 2 heterocycles. The summed E-state index contributed by atoms with van der Waals surface area (Å²) in [4.78, 5) is 29.8. The Morgan fingerprint density at radius 2 is 1.67 bits per heavy atom. The molecule has 8 heteroatoms. The number of alkyl halides is 2. The highest BCUT2D eigenvalue weighted by Gasteiger charge is 2.50. The van der Waals surface area contributed by atoms with E-state index in [0.717, 1.165) is 12.8 Å². The van der Waals surface area contributed by atoms with Crippen molar-refractivity contribution in [3.63, 3.8) is 0 Å². The van der Waals surface area contributed by atoms with E-state index in [9.17, 15) is 9.59 Å². The van der Waals surface area contributed by atoms with Crippen LogP contribution >= 0.6 is 23.2 Å².